The molecule has 4 nitrogen and oxygen atoms in total. The van der Waals surface area contributed by atoms with E-state index in [1.54, 1.807) is 24.3 Å². The number of halogens is 1. The summed E-state index contributed by atoms with van der Waals surface area (Å²) in [6, 6.07) is 15.5. The standard InChI is InChI=1S/C19H21ClN2O2/c1-15-2-6-17(7-3-15)21-10-12-22(13-11-21)19(23)14-24-18-8-4-16(20)5-9-18/h2-9H,10-14H2,1H3. The van der Waals surface area contributed by atoms with Crippen LogP contribution in [0.5, 0.6) is 5.75 Å². The van der Waals surface area contributed by atoms with Gasteiger partial charge in [-0.3, -0.25) is 4.79 Å². The zero-order valence-corrected chi connectivity index (χ0v) is 14.5. The van der Waals surface area contributed by atoms with Gasteiger partial charge in [-0.05, 0) is 43.3 Å². The van der Waals surface area contributed by atoms with E-state index in [1.165, 1.54) is 11.3 Å². The molecule has 1 amide bonds. The van der Waals surface area contributed by atoms with Crippen molar-refractivity contribution in [3.05, 3.63) is 59.1 Å². The number of carbonyl (C=O) groups excluding carboxylic acids is 1. The van der Waals surface area contributed by atoms with E-state index in [9.17, 15) is 4.79 Å². The van der Waals surface area contributed by atoms with Gasteiger partial charge < -0.3 is 14.5 Å². The molecular weight excluding hydrogens is 324 g/mol. The van der Waals surface area contributed by atoms with Crippen molar-refractivity contribution >= 4 is 23.2 Å². The minimum atomic E-state index is 0.0218. The van der Waals surface area contributed by atoms with Gasteiger partial charge in [0, 0.05) is 36.9 Å². The topological polar surface area (TPSA) is 32.8 Å². The molecule has 0 radical (unpaired) electrons. The normalized spacial score (nSPS) is 14.6. The number of ether oxygens (including phenoxy) is 1. The number of carbonyl (C=O) groups is 1. The van der Waals surface area contributed by atoms with E-state index in [0.29, 0.717) is 10.8 Å². The summed E-state index contributed by atoms with van der Waals surface area (Å²) in [7, 11) is 0. The Morgan fingerprint density at radius 1 is 1.00 bits per heavy atom. The third-order valence-corrected chi connectivity index (χ3v) is 4.46. The predicted octanol–water partition coefficient (Wildman–Crippen LogP) is 3.38. The molecule has 0 N–H and O–H groups in total. The molecule has 5 heteroatoms. The van der Waals surface area contributed by atoms with Gasteiger partial charge >= 0.3 is 0 Å². The Kier molecular flexibility index (Phi) is 5.26. The Labute approximate surface area is 147 Å². The maximum Gasteiger partial charge on any atom is 0.260 e. The molecule has 0 bridgehead atoms. The second-order valence-corrected chi connectivity index (χ2v) is 6.38. The van der Waals surface area contributed by atoms with Gasteiger partial charge in [0.25, 0.3) is 5.91 Å². The van der Waals surface area contributed by atoms with Crippen LogP contribution in [0, 0.1) is 6.92 Å². The van der Waals surface area contributed by atoms with Crippen molar-refractivity contribution in [3.8, 4) is 5.75 Å². The van der Waals surface area contributed by atoms with Gasteiger partial charge in [-0.25, -0.2) is 0 Å². The molecule has 0 aromatic heterocycles. The van der Waals surface area contributed by atoms with Crippen molar-refractivity contribution in [2.75, 3.05) is 37.7 Å². The number of hydrogen-bond acceptors (Lipinski definition) is 3. The summed E-state index contributed by atoms with van der Waals surface area (Å²) >= 11 is 5.83. The summed E-state index contributed by atoms with van der Waals surface area (Å²) < 4.78 is 5.54. The summed E-state index contributed by atoms with van der Waals surface area (Å²) in [4.78, 5) is 16.5. The van der Waals surface area contributed by atoms with Crippen LogP contribution in [-0.4, -0.2) is 43.6 Å². The molecule has 1 saturated heterocycles. The summed E-state index contributed by atoms with van der Waals surface area (Å²) in [5, 5.41) is 0.654. The van der Waals surface area contributed by atoms with Crippen LogP contribution in [-0.2, 0) is 4.79 Å². The number of benzene rings is 2. The van der Waals surface area contributed by atoms with Gasteiger partial charge in [0.15, 0.2) is 6.61 Å². The maximum atomic E-state index is 12.3. The molecule has 1 aliphatic heterocycles. The summed E-state index contributed by atoms with van der Waals surface area (Å²) in [6.45, 7) is 5.27. The highest BCUT2D eigenvalue weighted by atomic mass is 35.5. The van der Waals surface area contributed by atoms with Crippen molar-refractivity contribution < 1.29 is 9.53 Å². The van der Waals surface area contributed by atoms with E-state index >= 15 is 0 Å². The van der Waals surface area contributed by atoms with Gasteiger partial charge in [-0.1, -0.05) is 29.3 Å². The molecule has 24 heavy (non-hydrogen) atoms. The third kappa shape index (κ3) is 4.20. The largest absolute Gasteiger partial charge is 0.484 e. The summed E-state index contributed by atoms with van der Waals surface area (Å²) in [5.41, 5.74) is 2.47. The van der Waals surface area contributed by atoms with Gasteiger partial charge in [0.2, 0.25) is 0 Å². The smallest absolute Gasteiger partial charge is 0.260 e. The molecule has 3 rings (SSSR count). The minimum Gasteiger partial charge on any atom is -0.484 e. The molecule has 0 atom stereocenters. The van der Waals surface area contributed by atoms with Crippen LogP contribution in [0.4, 0.5) is 5.69 Å². The molecule has 126 valence electrons. The first kappa shape index (κ1) is 16.7. The SMILES string of the molecule is Cc1ccc(N2CCN(C(=O)COc3ccc(Cl)cc3)CC2)cc1. The quantitative estimate of drug-likeness (QED) is 0.852. The molecule has 1 aliphatic rings. The minimum absolute atomic E-state index is 0.0218. The Balaban J connectivity index is 1.48. The first-order chi connectivity index (χ1) is 11.6. The molecule has 2 aromatic carbocycles. The zero-order valence-electron chi connectivity index (χ0n) is 13.7. The average molecular weight is 345 g/mol. The van der Waals surface area contributed by atoms with Gasteiger partial charge in [-0.2, -0.15) is 0 Å². The molecular formula is C19H21ClN2O2. The number of rotatable bonds is 4. The first-order valence-corrected chi connectivity index (χ1v) is 8.47. The van der Waals surface area contributed by atoms with Gasteiger partial charge in [0.05, 0.1) is 0 Å². The fourth-order valence-corrected chi connectivity index (χ4v) is 2.86. The van der Waals surface area contributed by atoms with Crippen LogP contribution >= 0.6 is 11.6 Å². The van der Waals surface area contributed by atoms with E-state index in [-0.39, 0.29) is 12.5 Å². The second kappa shape index (κ2) is 7.58. The second-order valence-electron chi connectivity index (χ2n) is 5.95. The molecule has 0 aliphatic carbocycles. The lowest BCUT2D eigenvalue weighted by Crippen LogP contribution is -2.50. The van der Waals surface area contributed by atoms with Crippen molar-refractivity contribution in [2.45, 2.75) is 6.92 Å². The number of piperazine rings is 1. The average Bonchev–Trinajstić information content (AvgIpc) is 2.62. The third-order valence-electron chi connectivity index (χ3n) is 4.21. The van der Waals surface area contributed by atoms with Crippen molar-refractivity contribution in [2.24, 2.45) is 0 Å². The maximum absolute atomic E-state index is 12.3. The highest BCUT2D eigenvalue weighted by Crippen LogP contribution is 2.18. The lowest BCUT2D eigenvalue weighted by atomic mass is 10.2. The lowest BCUT2D eigenvalue weighted by molar-refractivity contribution is -0.133. The molecule has 1 heterocycles. The Hall–Kier alpha value is -2.20. The highest BCUT2D eigenvalue weighted by molar-refractivity contribution is 6.30. The van der Waals surface area contributed by atoms with Crippen LogP contribution in [0.1, 0.15) is 5.56 Å². The van der Waals surface area contributed by atoms with E-state index in [4.69, 9.17) is 16.3 Å². The zero-order chi connectivity index (χ0) is 16.9. The molecule has 0 spiro atoms. The van der Waals surface area contributed by atoms with Crippen LogP contribution < -0.4 is 9.64 Å². The fourth-order valence-electron chi connectivity index (χ4n) is 2.74. The van der Waals surface area contributed by atoms with E-state index in [0.717, 1.165) is 26.2 Å². The molecule has 0 saturated carbocycles. The van der Waals surface area contributed by atoms with Crippen molar-refractivity contribution in [1.82, 2.24) is 4.90 Å². The number of hydrogen-bond donors (Lipinski definition) is 0. The van der Waals surface area contributed by atoms with Crippen molar-refractivity contribution in [3.63, 3.8) is 0 Å². The summed E-state index contributed by atoms with van der Waals surface area (Å²) in [6.07, 6.45) is 0. The Morgan fingerprint density at radius 3 is 2.25 bits per heavy atom. The summed E-state index contributed by atoms with van der Waals surface area (Å²) in [5.74, 6) is 0.680. The number of amides is 1. The number of nitrogens with zero attached hydrogens (tertiary/aromatic N) is 2. The Bertz CT molecular complexity index is 678. The highest BCUT2D eigenvalue weighted by Gasteiger charge is 2.21. The van der Waals surface area contributed by atoms with Crippen molar-refractivity contribution in [1.29, 1.82) is 0 Å². The molecule has 2 aromatic rings. The van der Waals surface area contributed by atoms with Crippen LogP contribution in [0.3, 0.4) is 0 Å². The number of aryl methyl sites for hydroxylation is 1. The van der Waals surface area contributed by atoms with Crippen LogP contribution in [0.2, 0.25) is 5.02 Å². The lowest BCUT2D eigenvalue weighted by Gasteiger charge is -2.36. The predicted molar refractivity (Wildman–Crippen MR) is 96.9 cm³/mol. The van der Waals surface area contributed by atoms with Crippen LogP contribution in [0.25, 0.3) is 0 Å². The van der Waals surface area contributed by atoms with E-state index in [1.807, 2.05) is 4.90 Å². The molecule has 1 fully saturated rings. The Morgan fingerprint density at radius 2 is 1.62 bits per heavy atom. The van der Waals surface area contributed by atoms with E-state index in [2.05, 4.69) is 36.1 Å². The monoisotopic (exact) mass is 344 g/mol. The van der Waals surface area contributed by atoms with Crippen LogP contribution in [0.15, 0.2) is 48.5 Å². The first-order valence-electron chi connectivity index (χ1n) is 8.09. The van der Waals surface area contributed by atoms with Gasteiger partial charge in [-0.15, -0.1) is 0 Å². The number of anilines is 1. The van der Waals surface area contributed by atoms with Gasteiger partial charge in [0.1, 0.15) is 5.75 Å². The fraction of sp³-hybridized carbons (Fsp3) is 0.316. The molecule has 0 unspecified atom stereocenters. The van der Waals surface area contributed by atoms with E-state index < -0.39 is 0 Å².